The summed E-state index contributed by atoms with van der Waals surface area (Å²) in [6.45, 7) is 7.87. The predicted molar refractivity (Wildman–Crippen MR) is 88.7 cm³/mol. The van der Waals surface area contributed by atoms with Crippen LogP contribution in [0.2, 0.25) is 0 Å². The van der Waals surface area contributed by atoms with Crippen LogP contribution in [-0.2, 0) is 13.2 Å². The highest BCUT2D eigenvalue weighted by Gasteiger charge is 2.08. The van der Waals surface area contributed by atoms with E-state index in [-0.39, 0.29) is 5.82 Å². The zero-order chi connectivity index (χ0) is 15.8. The molecule has 22 heavy (non-hydrogen) atoms. The molecule has 0 atom stereocenters. The summed E-state index contributed by atoms with van der Waals surface area (Å²) in [4.78, 5) is 7.02. The summed E-state index contributed by atoms with van der Waals surface area (Å²) in [5.41, 5.74) is 1.10. The molecule has 0 unspecified atom stereocenters. The molecule has 0 saturated carbocycles. The third-order valence-corrected chi connectivity index (χ3v) is 4.31. The summed E-state index contributed by atoms with van der Waals surface area (Å²) in [7, 11) is 0. The quantitative estimate of drug-likeness (QED) is 0.680. The Labute approximate surface area is 135 Å². The van der Waals surface area contributed by atoms with Gasteiger partial charge in [-0.3, -0.25) is 4.90 Å². The van der Waals surface area contributed by atoms with Crippen LogP contribution in [0.25, 0.3) is 0 Å². The van der Waals surface area contributed by atoms with Crippen molar-refractivity contribution >= 4 is 11.3 Å². The van der Waals surface area contributed by atoms with E-state index in [0.717, 1.165) is 30.3 Å². The standard InChI is InChI=1S/C17H23FN2OS/c1-3-5-10-20(4-2)11-15-13-22-17(19-15)12-21-16-8-6-14(18)7-9-16/h6-9,13H,3-5,10-12H2,1-2H3. The molecule has 0 spiro atoms. The van der Waals surface area contributed by atoms with Gasteiger partial charge in [-0.1, -0.05) is 20.3 Å². The van der Waals surface area contributed by atoms with E-state index in [4.69, 9.17) is 4.74 Å². The Kier molecular flexibility index (Phi) is 6.80. The molecule has 3 nitrogen and oxygen atoms in total. The van der Waals surface area contributed by atoms with Crippen molar-refractivity contribution in [2.45, 2.75) is 39.8 Å². The molecular weight excluding hydrogens is 299 g/mol. The molecule has 0 amide bonds. The van der Waals surface area contributed by atoms with Crippen molar-refractivity contribution in [1.29, 1.82) is 0 Å². The molecule has 0 aliphatic heterocycles. The molecular formula is C17H23FN2OS. The van der Waals surface area contributed by atoms with Gasteiger partial charge in [0.05, 0.1) is 5.69 Å². The maximum atomic E-state index is 12.8. The van der Waals surface area contributed by atoms with E-state index in [1.54, 1.807) is 23.5 Å². The summed E-state index contributed by atoms with van der Waals surface area (Å²) >= 11 is 1.61. The van der Waals surface area contributed by atoms with Gasteiger partial charge in [0.25, 0.3) is 0 Å². The number of thiazole rings is 1. The number of benzene rings is 1. The van der Waals surface area contributed by atoms with E-state index in [2.05, 4.69) is 29.1 Å². The van der Waals surface area contributed by atoms with Gasteiger partial charge < -0.3 is 4.74 Å². The van der Waals surface area contributed by atoms with Gasteiger partial charge in [-0.15, -0.1) is 11.3 Å². The molecule has 5 heteroatoms. The van der Waals surface area contributed by atoms with Crippen molar-refractivity contribution in [2.75, 3.05) is 13.1 Å². The number of nitrogens with zero attached hydrogens (tertiary/aromatic N) is 2. The van der Waals surface area contributed by atoms with Gasteiger partial charge in [0.15, 0.2) is 0 Å². The van der Waals surface area contributed by atoms with Crippen molar-refractivity contribution in [2.24, 2.45) is 0 Å². The van der Waals surface area contributed by atoms with Crippen LogP contribution in [0.15, 0.2) is 29.6 Å². The van der Waals surface area contributed by atoms with Gasteiger partial charge in [-0.05, 0) is 43.8 Å². The van der Waals surface area contributed by atoms with Crippen LogP contribution in [0.1, 0.15) is 37.4 Å². The zero-order valence-electron chi connectivity index (χ0n) is 13.2. The van der Waals surface area contributed by atoms with Crippen LogP contribution in [-0.4, -0.2) is 23.0 Å². The van der Waals surface area contributed by atoms with Gasteiger partial charge in [-0.2, -0.15) is 0 Å². The van der Waals surface area contributed by atoms with Gasteiger partial charge >= 0.3 is 0 Å². The molecule has 1 aromatic heterocycles. The highest BCUT2D eigenvalue weighted by molar-refractivity contribution is 7.09. The van der Waals surface area contributed by atoms with Gasteiger partial charge in [-0.25, -0.2) is 9.37 Å². The Balaban J connectivity index is 1.84. The maximum Gasteiger partial charge on any atom is 0.140 e. The highest BCUT2D eigenvalue weighted by Crippen LogP contribution is 2.17. The van der Waals surface area contributed by atoms with E-state index >= 15 is 0 Å². The first-order chi connectivity index (χ1) is 10.7. The maximum absolute atomic E-state index is 12.8. The molecule has 1 heterocycles. The van der Waals surface area contributed by atoms with Crippen molar-refractivity contribution in [3.05, 3.63) is 46.2 Å². The molecule has 0 saturated heterocycles. The number of hydrogen-bond donors (Lipinski definition) is 0. The van der Waals surface area contributed by atoms with Crippen molar-refractivity contribution in [3.8, 4) is 5.75 Å². The Morgan fingerprint density at radius 2 is 2.00 bits per heavy atom. The predicted octanol–water partition coefficient (Wildman–Crippen LogP) is 4.48. The fourth-order valence-corrected chi connectivity index (χ4v) is 2.82. The molecule has 0 N–H and O–H groups in total. The number of unbranched alkanes of at least 4 members (excludes halogenated alkanes) is 1. The average Bonchev–Trinajstić information content (AvgIpc) is 2.98. The zero-order valence-corrected chi connectivity index (χ0v) is 14.0. The van der Waals surface area contributed by atoms with Crippen LogP contribution in [0, 0.1) is 5.82 Å². The topological polar surface area (TPSA) is 25.4 Å². The summed E-state index contributed by atoms with van der Waals surface area (Å²) < 4.78 is 18.5. The summed E-state index contributed by atoms with van der Waals surface area (Å²) in [5, 5.41) is 3.05. The van der Waals surface area contributed by atoms with Crippen LogP contribution in [0.4, 0.5) is 4.39 Å². The first kappa shape index (κ1) is 16.9. The van der Waals surface area contributed by atoms with E-state index in [0.29, 0.717) is 12.4 Å². The monoisotopic (exact) mass is 322 g/mol. The number of ether oxygens (including phenoxy) is 1. The normalized spacial score (nSPS) is 11.1. The highest BCUT2D eigenvalue weighted by atomic mass is 32.1. The van der Waals surface area contributed by atoms with Crippen LogP contribution in [0.5, 0.6) is 5.75 Å². The minimum Gasteiger partial charge on any atom is -0.486 e. The smallest absolute Gasteiger partial charge is 0.140 e. The molecule has 1 aromatic carbocycles. The molecule has 0 aliphatic carbocycles. The molecule has 0 fully saturated rings. The lowest BCUT2D eigenvalue weighted by molar-refractivity contribution is 0.271. The van der Waals surface area contributed by atoms with Gasteiger partial charge in [0.1, 0.15) is 23.2 Å². The summed E-state index contributed by atoms with van der Waals surface area (Å²) in [5.74, 6) is 0.409. The largest absolute Gasteiger partial charge is 0.486 e. The number of aromatic nitrogens is 1. The SMILES string of the molecule is CCCCN(CC)Cc1csc(COc2ccc(F)cc2)n1. The Morgan fingerprint density at radius 1 is 1.23 bits per heavy atom. The Morgan fingerprint density at radius 3 is 2.68 bits per heavy atom. The number of hydrogen-bond acceptors (Lipinski definition) is 4. The Hall–Kier alpha value is -1.46. The fraction of sp³-hybridized carbons (Fsp3) is 0.471. The van der Waals surface area contributed by atoms with Gasteiger partial charge in [0.2, 0.25) is 0 Å². The van der Waals surface area contributed by atoms with Crippen LogP contribution >= 0.6 is 11.3 Å². The minimum atomic E-state index is -0.254. The Bertz CT molecular complexity index is 556. The first-order valence-corrected chi connectivity index (χ1v) is 8.63. The fourth-order valence-electron chi connectivity index (χ4n) is 2.12. The summed E-state index contributed by atoms with van der Waals surface area (Å²) in [6, 6.07) is 6.06. The van der Waals surface area contributed by atoms with Crippen molar-refractivity contribution < 1.29 is 9.13 Å². The van der Waals surface area contributed by atoms with Gasteiger partial charge in [0, 0.05) is 11.9 Å². The average molecular weight is 322 g/mol. The molecule has 2 rings (SSSR count). The lowest BCUT2D eigenvalue weighted by atomic mass is 10.3. The molecule has 2 aromatic rings. The van der Waals surface area contributed by atoms with E-state index < -0.39 is 0 Å². The second kappa shape index (κ2) is 8.86. The molecule has 0 aliphatic rings. The minimum absolute atomic E-state index is 0.254. The third-order valence-electron chi connectivity index (χ3n) is 3.44. The van der Waals surface area contributed by atoms with Crippen LogP contribution in [0.3, 0.4) is 0 Å². The van der Waals surface area contributed by atoms with E-state index in [1.807, 2.05) is 0 Å². The second-order valence-electron chi connectivity index (χ2n) is 5.20. The second-order valence-corrected chi connectivity index (χ2v) is 6.14. The van der Waals surface area contributed by atoms with Crippen LogP contribution < -0.4 is 4.74 Å². The number of rotatable bonds is 9. The van der Waals surface area contributed by atoms with E-state index in [9.17, 15) is 4.39 Å². The van der Waals surface area contributed by atoms with E-state index in [1.165, 1.54) is 25.0 Å². The molecule has 0 bridgehead atoms. The summed E-state index contributed by atoms with van der Waals surface area (Å²) in [6.07, 6.45) is 2.43. The van der Waals surface area contributed by atoms with Crippen molar-refractivity contribution in [3.63, 3.8) is 0 Å². The van der Waals surface area contributed by atoms with Crippen molar-refractivity contribution in [1.82, 2.24) is 9.88 Å². The molecule has 120 valence electrons. The first-order valence-electron chi connectivity index (χ1n) is 7.75. The molecule has 0 radical (unpaired) electrons. The lowest BCUT2D eigenvalue weighted by Crippen LogP contribution is -2.24. The lowest BCUT2D eigenvalue weighted by Gasteiger charge is -2.18. The third kappa shape index (κ3) is 5.39. The number of halogens is 1.